The zero-order valence-electron chi connectivity index (χ0n) is 38.1. The van der Waals surface area contributed by atoms with Gasteiger partial charge in [0, 0.05) is 22.9 Å². The summed E-state index contributed by atoms with van der Waals surface area (Å²) < 4.78 is 67.1. The lowest BCUT2D eigenvalue weighted by Gasteiger charge is -2.40. The van der Waals surface area contributed by atoms with Gasteiger partial charge in [-0.25, -0.2) is 4.18 Å². The van der Waals surface area contributed by atoms with E-state index in [0.717, 1.165) is 82.1 Å². The number of nitrogens with one attached hydrogen (secondary N) is 1. The summed E-state index contributed by atoms with van der Waals surface area (Å²) in [6.45, 7) is 2.34. The molecule has 2 aromatic rings. The van der Waals surface area contributed by atoms with Crippen molar-refractivity contribution in [3.05, 3.63) is 58.6 Å². The van der Waals surface area contributed by atoms with E-state index >= 15 is 0 Å². The predicted octanol–water partition coefficient (Wildman–Crippen LogP) is 10.3. The third-order valence-corrected chi connectivity index (χ3v) is 12.1. The van der Waals surface area contributed by atoms with Gasteiger partial charge in [0.2, 0.25) is 5.91 Å². The lowest BCUT2D eigenvalue weighted by molar-refractivity contribution is -0.186. The first kappa shape index (κ1) is 56.1. The summed E-state index contributed by atoms with van der Waals surface area (Å²) in [5, 5.41) is 14.1. The van der Waals surface area contributed by atoms with Gasteiger partial charge in [0.15, 0.2) is 6.10 Å². The van der Waals surface area contributed by atoms with Crippen LogP contribution in [-0.2, 0) is 43.2 Å². The van der Waals surface area contributed by atoms with Crippen molar-refractivity contribution in [1.29, 1.82) is 0 Å². The third kappa shape index (κ3) is 26.1. The minimum atomic E-state index is -5.10. The molecule has 2 aromatic carbocycles. The van der Waals surface area contributed by atoms with E-state index in [-0.39, 0.29) is 25.9 Å². The SMILES string of the molecule is CCCCCCCCCCCC(CC(=O)N[C@H]1CO[C@H](CO)[C@@H](OS(=O)(=O)O)[C@@H]1OC(=O)CCCCCCCOc1ccc(Cl)cc1)OC(=O)CCCCCCCOc1ccc(Cl)cc1. The van der Waals surface area contributed by atoms with E-state index in [1.165, 1.54) is 32.1 Å². The van der Waals surface area contributed by atoms with Crippen LogP contribution in [0, 0.1) is 0 Å². The number of amides is 1. The number of hydrogen-bond donors (Lipinski definition) is 3. The Kier molecular flexibility index (Phi) is 28.8. The average Bonchev–Trinajstić information content (AvgIpc) is 3.26. The van der Waals surface area contributed by atoms with Gasteiger partial charge >= 0.3 is 22.3 Å². The molecule has 1 heterocycles. The lowest BCUT2D eigenvalue weighted by atomic mass is 9.97. The molecule has 1 fully saturated rings. The molecule has 1 amide bonds. The number of aliphatic hydroxyl groups is 1. The van der Waals surface area contributed by atoms with Crippen LogP contribution < -0.4 is 14.8 Å². The van der Waals surface area contributed by atoms with Crippen molar-refractivity contribution >= 4 is 51.4 Å². The first-order chi connectivity index (χ1) is 31.4. The van der Waals surface area contributed by atoms with Crippen LogP contribution in [0.2, 0.25) is 10.0 Å². The quantitative estimate of drug-likeness (QED) is 0.0332. The fourth-order valence-electron chi connectivity index (χ4n) is 7.60. The molecule has 5 atom stereocenters. The van der Waals surface area contributed by atoms with Crippen molar-refractivity contribution in [3.63, 3.8) is 0 Å². The zero-order valence-corrected chi connectivity index (χ0v) is 40.5. The van der Waals surface area contributed by atoms with E-state index < -0.39 is 65.3 Å². The molecule has 1 aliphatic rings. The number of benzene rings is 2. The summed E-state index contributed by atoms with van der Waals surface area (Å²) in [4.78, 5) is 39.9. The Hall–Kier alpha value is -3.18. The minimum absolute atomic E-state index is 0.00279. The van der Waals surface area contributed by atoms with E-state index in [1.807, 2.05) is 12.1 Å². The Labute approximate surface area is 397 Å². The van der Waals surface area contributed by atoms with Crippen molar-refractivity contribution in [1.82, 2.24) is 5.32 Å². The van der Waals surface area contributed by atoms with Gasteiger partial charge in [-0.15, -0.1) is 0 Å². The molecule has 3 rings (SSSR count). The Morgan fingerprint density at radius 1 is 0.692 bits per heavy atom. The summed E-state index contributed by atoms with van der Waals surface area (Å²) >= 11 is 11.9. The molecule has 0 spiro atoms. The average molecular weight is 975 g/mol. The highest BCUT2D eigenvalue weighted by molar-refractivity contribution is 7.80. The summed E-state index contributed by atoms with van der Waals surface area (Å²) in [5.41, 5.74) is 0. The predicted molar refractivity (Wildman–Crippen MR) is 251 cm³/mol. The summed E-state index contributed by atoms with van der Waals surface area (Å²) in [6.07, 6.45) is 13.2. The van der Waals surface area contributed by atoms with Crippen LogP contribution in [-0.4, -0.2) is 92.8 Å². The molecule has 1 aliphatic heterocycles. The Morgan fingerprint density at radius 3 is 1.68 bits per heavy atom. The van der Waals surface area contributed by atoms with Crippen molar-refractivity contribution in [2.24, 2.45) is 0 Å². The highest BCUT2D eigenvalue weighted by atomic mass is 35.5. The number of esters is 2. The minimum Gasteiger partial charge on any atom is -0.494 e. The fourth-order valence-corrected chi connectivity index (χ4v) is 8.37. The zero-order chi connectivity index (χ0) is 47.1. The van der Waals surface area contributed by atoms with Crippen LogP contribution >= 0.6 is 23.2 Å². The molecular weight excluding hydrogens is 901 g/mol. The second-order valence-electron chi connectivity index (χ2n) is 16.7. The molecule has 0 aromatic heterocycles. The van der Waals surface area contributed by atoms with Crippen LogP contribution in [0.3, 0.4) is 0 Å². The molecule has 3 N–H and O–H groups in total. The van der Waals surface area contributed by atoms with E-state index in [9.17, 15) is 32.5 Å². The first-order valence-corrected chi connectivity index (χ1v) is 25.8. The number of aliphatic hydroxyl groups excluding tert-OH is 1. The molecular formula is C48H73Cl2NO13S. The Bertz CT molecular complexity index is 1720. The van der Waals surface area contributed by atoms with Crippen molar-refractivity contribution in [3.8, 4) is 11.5 Å². The second-order valence-corrected chi connectivity index (χ2v) is 18.7. The van der Waals surface area contributed by atoms with Crippen LogP contribution in [0.15, 0.2) is 48.5 Å². The highest BCUT2D eigenvalue weighted by Crippen LogP contribution is 2.25. The lowest BCUT2D eigenvalue weighted by Crippen LogP contribution is -2.62. The second kappa shape index (κ2) is 33.3. The smallest absolute Gasteiger partial charge is 0.397 e. The summed E-state index contributed by atoms with van der Waals surface area (Å²) in [6, 6.07) is 13.3. The van der Waals surface area contributed by atoms with Crippen LogP contribution in [0.4, 0.5) is 0 Å². The number of carbonyl (C=O) groups is 3. The standard InChI is InChI=1S/C48H73Cl2NO13S/c1-2-3-4-5-6-7-8-11-16-21-41(62-45(54)22-17-12-9-14-19-32-59-39-28-24-37(49)25-29-39)34-44(53)51-42-36-61-43(35-52)48(64-65(56,57)58)47(42)63-46(55)23-18-13-10-15-20-33-60-40-30-26-38(50)27-31-40/h24-31,41-43,47-48,52H,2-23,32-36H2,1H3,(H,51,53)(H,56,57,58)/t41?,42-,43+,47+,48+/m0/s1. The Morgan fingerprint density at radius 2 is 1.17 bits per heavy atom. The molecule has 0 radical (unpaired) electrons. The van der Waals surface area contributed by atoms with Crippen LogP contribution in [0.1, 0.15) is 155 Å². The molecule has 0 aliphatic carbocycles. The van der Waals surface area contributed by atoms with Gasteiger partial charge in [-0.05, 0) is 87.1 Å². The van der Waals surface area contributed by atoms with Gasteiger partial charge in [-0.1, -0.05) is 120 Å². The number of halogens is 2. The van der Waals surface area contributed by atoms with E-state index in [2.05, 4.69) is 12.2 Å². The molecule has 0 saturated carbocycles. The van der Waals surface area contributed by atoms with Gasteiger partial charge in [0.1, 0.15) is 29.8 Å². The molecule has 1 saturated heterocycles. The molecule has 0 bridgehead atoms. The largest absolute Gasteiger partial charge is 0.494 e. The van der Waals surface area contributed by atoms with Gasteiger partial charge < -0.3 is 34.1 Å². The maximum Gasteiger partial charge on any atom is 0.397 e. The van der Waals surface area contributed by atoms with Gasteiger partial charge in [0.05, 0.1) is 38.9 Å². The molecule has 1 unspecified atom stereocenters. The normalized spacial score (nSPS) is 17.9. The summed E-state index contributed by atoms with van der Waals surface area (Å²) in [7, 11) is -5.10. The fraction of sp³-hybridized carbons (Fsp3) is 0.688. The van der Waals surface area contributed by atoms with Gasteiger partial charge in [0.25, 0.3) is 0 Å². The van der Waals surface area contributed by atoms with Gasteiger partial charge in [-0.3, -0.25) is 18.9 Å². The number of carbonyl (C=O) groups excluding carboxylic acids is 3. The highest BCUT2D eigenvalue weighted by Gasteiger charge is 2.46. The van der Waals surface area contributed by atoms with Gasteiger partial charge in [-0.2, -0.15) is 8.42 Å². The molecule has 65 heavy (non-hydrogen) atoms. The number of ether oxygens (including phenoxy) is 5. The van der Waals surface area contributed by atoms with E-state index in [4.69, 9.17) is 51.1 Å². The van der Waals surface area contributed by atoms with Crippen LogP contribution in [0.25, 0.3) is 0 Å². The Balaban J connectivity index is 1.51. The molecule has 368 valence electrons. The topological polar surface area (TPSA) is 193 Å². The maximum absolute atomic E-state index is 13.7. The molecule has 14 nitrogen and oxygen atoms in total. The molecule has 17 heteroatoms. The monoisotopic (exact) mass is 973 g/mol. The summed E-state index contributed by atoms with van der Waals surface area (Å²) in [5.74, 6) is -0.102. The number of rotatable bonds is 36. The first-order valence-electron chi connectivity index (χ1n) is 23.7. The number of hydrogen-bond acceptors (Lipinski definition) is 12. The van der Waals surface area contributed by atoms with Crippen molar-refractivity contribution in [2.75, 3.05) is 26.4 Å². The van der Waals surface area contributed by atoms with Crippen LogP contribution in [0.5, 0.6) is 11.5 Å². The van der Waals surface area contributed by atoms with E-state index in [1.54, 1.807) is 36.4 Å². The third-order valence-electron chi connectivity index (χ3n) is 11.2. The van der Waals surface area contributed by atoms with E-state index in [0.29, 0.717) is 48.9 Å². The number of unbranched alkanes of at least 4 members (excludes halogenated alkanes) is 16. The maximum atomic E-state index is 13.7. The van der Waals surface area contributed by atoms with Crippen molar-refractivity contribution < 1.29 is 60.3 Å². The van der Waals surface area contributed by atoms with Crippen molar-refractivity contribution in [2.45, 2.75) is 185 Å².